The lowest BCUT2D eigenvalue weighted by Crippen LogP contribution is -2.52. The van der Waals surface area contributed by atoms with Gasteiger partial charge in [0.05, 0.1) is 23.3 Å². The highest BCUT2D eigenvalue weighted by atomic mass is 16.5. The van der Waals surface area contributed by atoms with Gasteiger partial charge in [0.15, 0.2) is 5.65 Å². The first-order valence-electron chi connectivity index (χ1n) is 12.3. The molecule has 0 bridgehead atoms. The summed E-state index contributed by atoms with van der Waals surface area (Å²) in [6.07, 6.45) is 6.30. The number of ether oxygens (including phenoxy) is 1. The molecule has 4 heterocycles. The van der Waals surface area contributed by atoms with Gasteiger partial charge in [0, 0.05) is 39.0 Å². The van der Waals surface area contributed by atoms with Crippen molar-refractivity contribution in [2.45, 2.75) is 64.8 Å². The minimum atomic E-state index is 0.0837. The molecule has 2 fully saturated rings. The number of nitrogens with zero attached hydrogens (tertiary/aromatic N) is 5. The number of piperidine rings is 2. The molecule has 0 spiro atoms. The Morgan fingerprint density at radius 2 is 2.03 bits per heavy atom. The van der Waals surface area contributed by atoms with Crippen molar-refractivity contribution in [2.75, 3.05) is 39.9 Å². The molecule has 4 rings (SSSR count). The minimum Gasteiger partial charge on any atom is -0.383 e. The lowest BCUT2D eigenvalue weighted by atomic mass is 9.83. The van der Waals surface area contributed by atoms with E-state index in [1.807, 2.05) is 24.9 Å². The van der Waals surface area contributed by atoms with E-state index in [0.29, 0.717) is 25.1 Å². The first-order valence-corrected chi connectivity index (χ1v) is 12.3. The summed E-state index contributed by atoms with van der Waals surface area (Å²) in [7, 11) is 3.61. The highest BCUT2D eigenvalue weighted by molar-refractivity contribution is 6.06. The maximum atomic E-state index is 14.0. The van der Waals surface area contributed by atoms with Gasteiger partial charge in [-0.3, -0.25) is 9.48 Å². The molecule has 0 saturated carbocycles. The first-order chi connectivity index (χ1) is 15.4. The Kier molecular flexibility index (Phi) is 7.15. The zero-order valence-corrected chi connectivity index (χ0v) is 20.4. The van der Waals surface area contributed by atoms with Crippen molar-refractivity contribution in [1.82, 2.24) is 24.6 Å². The number of carbonyl (C=O) groups is 1. The average Bonchev–Trinajstić information content (AvgIpc) is 3.09. The van der Waals surface area contributed by atoms with Gasteiger partial charge in [-0.2, -0.15) is 5.10 Å². The smallest absolute Gasteiger partial charge is 0.254 e. The Balaban J connectivity index is 1.68. The van der Waals surface area contributed by atoms with E-state index in [0.717, 1.165) is 34.5 Å². The van der Waals surface area contributed by atoms with Gasteiger partial charge in [-0.05, 0) is 63.6 Å². The van der Waals surface area contributed by atoms with Crippen LogP contribution in [0.2, 0.25) is 0 Å². The number of aryl methyl sites for hydroxylation is 2. The zero-order valence-electron chi connectivity index (χ0n) is 20.4. The molecule has 2 atom stereocenters. The van der Waals surface area contributed by atoms with Gasteiger partial charge in [0.2, 0.25) is 0 Å². The molecule has 0 aliphatic carbocycles. The summed E-state index contributed by atoms with van der Waals surface area (Å²) in [5, 5.41) is 5.46. The van der Waals surface area contributed by atoms with Crippen LogP contribution in [0.4, 0.5) is 0 Å². The summed E-state index contributed by atoms with van der Waals surface area (Å²) < 4.78 is 7.20. The van der Waals surface area contributed by atoms with Gasteiger partial charge >= 0.3 is 0 Å². The summed E-state index contributed by atoms with van der Waals surface area (Å²) in [6.45, 7) is 10.6. The monoisotopic (exact) mass is 441 g/mol. The maximum absolute atomic E-state index is 14.0. The normalized spacial score (nSPS) is 21.8. The lowest BCUT2D eigenvalue weighted by Gasteiger charge is -2.45. The SMILES string of the molecule is COCCN(CC1CCCN2CCCCC12)C(=O)c1cc(C(C)C)nc2c1c(C)nn2C. The Labute approximate surface area is 192 Å². The third-order valence-electron chi connectivity index (χ3n) is 7.35. The van der Waals surface area contributed by atoms with Crippen molar-refractivity contribution in [3.63, 3.8) is 0 Å². The van der Waals surface area contributed by atoms with E-state index >= 15 is 0 Å². The van der Waals surface area contributed by atoms with Gasteiger partial charge in [0.1, 0.15) is 0 Å². The van der Waals surface area contributed by atoms with E-state index in [1.54, 1.807) is 11.8 Å². The molecule has 32 heavy (non-hydrogen) atoms. The fourth-order valence-electron chi connectivity index (χ4n) is 5.65. The highest BCUT2D eigenvalue weighted by Gasteiger charge is 2.35. The van der Waals surface area contributed by atoms with E-state index in [1.165, 1.54) is 45.2 Å². The molecule has 2 aromatic heterocycles. The Hall–Kier alpha value is -1.99. The molecule has 2 saturated heterocycles. The summed E-state index contributed by atoms with van der Waals surface area (Å²) in [4.78, 5) is 23.6. The summed E-state index contributed by atoms with van der Waals surface area (Å²) >= 11 is 0. The number of rotatable bonds is 7. The second-order valence-electron chi connectivity index (χ2n) is 9.90. The van der Waals surface area contributed by atoms with Crippen LogP contribution in [0.25, 0.3) is 11.0 Å². The van der Waals surface area contributed by atoms with Crippen LogP contribution in [-0.4, -0.2) is 76.4 Å². The van der Waals surface area contributed by atoms with E-state index < -0.39 is 0 Å². The van der Waals surface area contributed by atoms with Crippen molar-refractivity contribution in [2.24, 2.45) is 13.0 Å². The van der Waals surface area contributed by atoms with Gasteiger partial charge in [-0.25, -0.2) is 4.98 Å². The van der Waals surface area contributed by atoms with Crippen LogP contribution < -0.4 is 0 Å². The number of carbonyl (C=O) groups excluding carboxylic acids is 1. The Morgan fingerprint density at radius 3 is 2.78 bits per heavy atom. The molecule has 1 amide bonds. The van der Waals surface area contributed by atoms with Gasteiger partial charge in [0.25, 0.3) is 5.91 Å². The number of amides is 1. The second kappa shape index (κ2) is 9.87. The van der Waals surface area contributed by atoms with Crippen LogP contribution in [0.15, 0.2) is 6.07 Å². The largest absolute Gasteiger partial charge is 0.383 e. The second-order valence-corrected chi connectivity index (χ2v) is 9.90. The third-order valence-corrected chi connectivity index (χ3v) is 7.35. The van der Waals surface area contributed by atoms with Crippen molar-refractivity contribution >= 4 is 16.9 Å². The molecule has 176 valence electrons. The van der Waals surface area contributed by atoms with Gasteiger partial charge in [-0.15, -0.1) is 0 Å². The maximum Gasteiger partial charge on any atom is 0.254 e. The lowest BCUT2D eigenvalue weighted by molar-refractivity contribution is 0.0316. The third kappa shape index (κ3) is 4.55. The van der Waals surface area contributed by atoms with Crippen molar-refractivity contribution in [3.05, 3.63) is 23.0 Å². The average molecular weight is 442 g/mol. The van der Waals surface area contributed by atoms with Crippen LogP contribution >= 0.6 is 0 Å². The van der Waals surface area contributed by atoms with Crippen molar-refractivity contribution in [1.29, 1.82) is 0 Å². The van der Waals surface area contributed by atoms with E-state index in [2.05, 4.69) is 23.8 Å². The predicted molar refractivity (Wildman–Crippen MR) is 127 cm³/mol. The van der Waals surface area contributed by atoms with Crippen LogP contribution in [0.1, 0.15) is 73.6 Å². The summed E-state index contributed by atoms with van der Waals surface area (Å²) in [6, 6.07) is 2.61. The molecule has 2 aliphatic rings. The quantitative estimate of drug-likeness (QED) is 0.655. The first kappa shape index (κ1) is 23.2. The fourth-order valence-corrected chi connectivity index (χ4v) is 5.65. The molecule has 7 heteroatoms. The summed E-state index contributed by atoms with van der Waals surface area (Å²) in [5.41, 5.74) is 3.32. The fraction of sp³-hybridized carbons (Fsp3) is 0.720. The molecule has 7 nitrogen and oxygen atoms in total. The Bertz CT molecular complexity index is 951. The van der Waals surface area contributed by atoms with E-state index in [9.17, 15) is 4.79 Å². The van der Waals surface area contributed by atoms with Crippen LogP contribution in [-0.2, 0) is 11.8 Å². The van der Waals surface area contributed by atoms with Gasteiger partial charge in [-0.1, -0.05) is 20.3 Å². The number of hydrogen-bond donors (Lipinski definition) is 0. The molecule has 0 N–H and O–H groups in total. The number of fused-ring (bicyclic) bond motifs is 2. The number of pyridine rings is 1. The molecule has 2 unspecified atom stereocenters. The molecular formula is C25H39N5O2. The molecular weight excluding hydrogens is 402 g/mol. The topological polar surface area (TPSA) is 63.5 Å². The number of methoxy groups -OCH3 is 1. The molecule has 0 radical (unpaired) electrons. The van der Waals surface area contributed by atoms with Crippen LogP contribution in [0, 0.1) is 12.8 Å². The predicted octanol–water partition coefficient (Wildman–Crippen LogP) is 3.75. The minimum absolute atomic E-state index is 0.0837. The van der Waals surface area contributed by atoms with Gasteiger partial charge < -0.3 is 14.5 Å². The zero-order chi connectivity index (χ0) is 22.8. The van der Waals surface area contributed by atoms with Crippen molar-refractivity contribution in [3.8, 4) is 0 Å². The molecule has 2 aromatic rings. The van der Waals surface area contributed by atoms with E-state index in [4.69, 9.17) is 9.72 Å². The van der Waals surface area contributed by atoms with Crippen molar-refractivity contribution < 1.29 is 9.53 Å². The number of aromatic nitrogens is 3. The molecule has 0 aromatic carbocycles. The Morgan fingerprint density at radius 1 is 1.25 bits per heavy atom. The standard InChI is InChI=1S/C25H39N5O2/c1-17(2)21-15-20(23-18(3)27-28(4)24(23)26-21)25(31)30(13-14-32-5)16-19-9-8-12-29-11-7-6-10-22(19)29/h15,17,19,22H,6-14,16H2,1-5H3. The van der Waals surface area contributed by atoms with E-state index in [-0.39, 0.29) is 11.8 Å². The van der Waals surface area contributed by atoms with Crippen LogP contribution in [0.5, 0.6) is 0 Å². The number of hydrogen-bond acceptors (Lipinski definition) is 5. The van der Waals surface area contributed by atoms with Crippen LogP contribution in [0.3, 0.4) is 0 Å². The highest BCUT2D eigenvalue weighted by Crippen LogP contribution is 2.32. The summed E-state index contributed by atoms with van der Waals surface area (Å²) in [5.74, 6) is 0.852. The molecule has 2 aliphatic heterocycles.